The van der Waals surface area contributed by atoms with E-state index in [2.05, 4.69) is 20.3 Å². The average Bonchev–Trinajstić information content (AvgIpc) is 4.10. The molecule has 3 aromatic rings. The van der Waals surface area contributed by atoms with Crippen molar-refractivity contribution in [1.82, 2.24) is 25.2 Å². The summed E-state index contributed by atoms with van der Waals surface area (Å²) in [4.78, 5) is 59.4. The second-order valence-corrected chi connectivity index (χ2v) is 18.6. The summed E-state index contributed by atoms with van der Waals surface area (Å²) < 4.78 is 39.3. The number of likely N-dealkylation sites (tertiary alicyclic amines) is 1. The molecule has 0 radical (unpaired) electrons. The molecule has 3 atom stereocenters. The number of pyridine rings is 1. The van der Waals surface area contributed by atoms with E-state index >= 15 is 0 Å². The van der Waals surface area contributed by atoms with Gasteiger partial charge in [0.2, 0.25) is 33.6 Å². The number of benzene rings is 2. The summed E-state index contributed by atoms with van der Waals surface area (Å²) >= 11 is 0. The molecule has 0 unspecified atom stereocenters. The van der Waals surface area contributed by atoms with E-state index in [0.29, 0.717) is 44.4 Å². The molecular formula is C43H55N5O8S. The van der Waals surface area contributed by atoms with Gasteiger partial charge in [-0.2, -0.15) is 0 Å². The molecule has 0 bridgehead atoms. The Hall–Kier alpha value is -4.98. The lowest BCUT2D eigenvalue weighted by Crippen LogP contribution is -2.54. The van der Waals surface area contributed by atoms with Crippen molar-refractivity contribution in [3.8, 4) is 5.88 Å². The summed E-state index contributed by atoms with van der Waals surface area (Å²) in [6, 6.07) is 17.4. The molecule has 2 aliphatic carbocycles. The number of ether oxygens (including phenoxy) is 2. The van der Waals surface area contributed by atoms with Crippen molar-refractivity contribution >= 4 is 44.6 Å². The van der Waals surface area contributed by atoms with Crippen LogP contribution in [0.5, 0.6) is 5.88 Å². The molecule has 14 heteroatoms. The molecule has 57 heavy (non-hydrogen) atoms. The fourth-order valence-corrected chi connectivity index (χ4v) is 8.79. The SMILES string of the molecule is CC(C)(C)OC(=O)N[C@@H](CCCCC/C=C\CC(=O)NS(=O)(=O)C1(Cc2ccccc2)CC1)C(=O)N1C[C@H](Oc2nccc3ccccc23)C[C@H]1C(=O)NC1CC1. The summed E-state index contributed by atoms with van der Waals surface area (Å²) in [5.74, 6) is -0.753. The molecule has 4 amide bonds. The Morgan fingerprint density at radius 3 is 2.42 bits per heavy atom. The lowest BCUT2D eigenvalue weighted by molar-refractivity contribution is -0.140. The third kappa shape index (κ3) is 11.6. The summed E-state index contributed by atoms with van der Waals surface area (Å²) in [6.45, 7) is 5.39. The van der Waals surface area contributed by atoms with Crippen molar-refractivity contribution in [1.29, 1.82) is 0 Å². The largest absolute Gasteiger partial charge is 0.472 e. The van der Waals surface area contributed by atoms with Crippen molar-refractivity contribution < 1.29 is 37.1 Å². The van der Waals surface area contributed by atoms with Gasteiger partial charge in [0, 0.05) is 30.5 Å². The monoisotopic (exact) mass is 801 g/mol. The Labute approximate surface area is 335 Å². The van der Waals surface area contributed by atoms with E-state index in [0.717, 1.165) is 42.0 Å². The molecule has 1 aliphatic heterocycles. The molecule has 13 nitrogen and oxygen atoms in total. The van der Waals surface area contributed by atoms with E-state index in [4.69, 9.17) is 9.47 Å². The Balaban J connectivity index is 1.02. The van der Waals surface area contributed by atoms with Gasteiger partial charge in [-0.05, 0) is 95.2 Å². The maximum absolute atomic E-state index is 14.3. The van der Waals surface area contributed by atoms with Gasteiger partial charge in [0.15, 0.2) is 0 Å². The quantitative estimate of drug-likeness (QED) is 0.105. The standard InChI is InChI=1S/C43H55N5O8S/c1-42(2,3)56-41(52)46-35(19-11-6-4-5-7-12-20-37(49)47-57(53,54)43(24-25-43)28-30-15-9-8-10-16-30)40(51)48-29-33(27-36(48)38(50)45-32-21-22-32)55-39-34-18-14-13-17-31(34)23-26-44-39/h7-10,12-18,23,26,32-33,35-36H,4-6,11,19-22,24-25,27-29H2,1-3H3,(H,45,50)(H,46,52)(H,47,49)/b12-7-/t33-,35+,36+/m1/s1. The highest BCUT2D eigenvalue weighted by molar-refractivity contribution is 7.91. The number of fused-ring (bicyclic) bond motifs is 1. The number of amides is 4. The van der Waals surface area contributed by atoms with Gasteiger partial charge in [0.1, 0.15) is 23.8 Å². The van der Waals surface area contributed by atoms with Gasteiger partial charge in [0.25, 0.3) is 0 Å². The zero-order chi connectivity index (χ0) is 40.6. The third-order valence-electron chi connectivity index (χ3n) is 10.5. The maximum Gasteiger partial charge on any atom is 0.408 e. The van der Waals surface area contributed by atoms with Crippen molar-refractivity contribution in [2.75, 3.05) is 6.54 Å². The van der Waals surface area contributed by atoms with E-state index in [1.807, 2.05) is 66.7 Å². The lowest BCUT2D eigenvalue weighted by Gasteiger charge is -2.29. The highest BCUT2D eigenvalue weighted by atomic mass is 32.2. The van der Waals surface area contributed by atoms with Gasteiger partial charge >= 0.3 is 6.09 Å². The molecule has 1 saturated heterocycles. The highest BCUT2D eigenvalue weighted by Gasteiger charge is 2.55. The Kier molecular flexibility index (Phi) is 13.2. The van der Waals surface area contributed by atoms with Gasteiger partial charge in [-0.1, -0.05) is 73.5 Å². The molecular weight excluding hydrogens is 747 g/mol. The number of carbonyl (C=O) groups is 4. The number of rotatable bonds is 18. The molecule has 2 heterocycles. The first-order chi connectivity index (χ1) is 27.2. The van der Waals surface area contributed by atoms with Crippen molar-refractivity contribution in [2.45, 2.75) is 132 Å². The highest BCUT2D eigenvalue weighted by Crippen LogP contribution is 2.45. The molecule has 6 rings (SSSR count). The molecule has 1 aromatic heterocycles. The maximum atomic E-state index is 14.3. The zero-order valence-electron chi connectivity index (χ0n) is 33.1. The number of hydrogen-bond acceptors (Lipinski definition) is 9. The molecule has 2 aromatic carbocycles. The van der Waals surface area contributed by atoms with E-state index in [1.54, 1.807) is 33.0 Å². The minimum Gasteiger partial charge on any atom is -0.472 e. The Morgan fingerprint density at radius 2 is 1.70 bits per heavy atom. The number of sulfonamides is 1. The number of nitrogens with zero attached hydrogens (tertiary/aromatic N) is 2. The first-order valence-electron chi connectivity index (χ1n) is 20.1. The third-order valence-corrected chi connectivity index (χ3v) is 12.7. The summed E-state index contributed by atoms with van der Waals surface area (Å²) in [5.41, 5.74) is 0.145. The topological polar surface area (TPSA) is 173 Å². The molecule has 2 saturated carbocycles. The predicted molar refractivity (Wildman–Crippen MR) is 217 cm³/mol. The van der Waals surface area contributed by atoms with Crippen LogP contribution in [-0.4, -0.2) is 83.2 Å². The van der Waals surface area contributed by atoms with Gasteiger partial charge in [-0.15, -0.1) is 0 Å². The van der Waals surface area contributed by atoms with E-state index in [1.165, 1.54) is 4.90 Å². The van der Waals surface area contributed by atoms with E-state index in [-0.39, 0.29) is 37.2 Å². The second kappa shape index (κ2) is 18.1. The van der Waals surface area contributed by atoms with Crippen LogP contribution in [0.3, 0.4) is 0 Å². The number of carbonyl (C=O) groups excluding carboxylic acids is 4. The summed E-state index contributed by atoms with van der Waals surface area (Å²) in [6.07, 6.45) is 10.4. The first kappa shape index (κ1) is 41.6. The number of nitrogens with one attached hydrogen (secondary N) is 3. The molecule has 3 fully saturated rings. The molecule has 3 aliphatic rings. The second-order valence-electron chi connectivity index (χ2n) is 16.5. The van der Waals surface area contributed by atoms with Crippen molar-refractivity contribution in [3.63, 3.8) is 0 Å². The van der Waals surface area contributed by atoms with Crippen LogP contribution in [0.1, 0.15) is 97.0 Å². The number of hydrogen-bond donors (Lipinski definition) is 3. The minimum absolute atomic E-state index is 0.0520. The molecule has 306 valence electrons. The number of alkyl carbamates (subject to hydrolysis) is 1. The lowest BCUT2D eigenvalue weighted by atomic mass is 10.0. The van der Waals surface area contributed by atoms with Gasteiger partial charge in [-0.25, -0.2) is 18.2 Å². The van der Waals surface area contributed by atoms with Crippen LogP contribution in [0.25, 0.3) is 10.8 Å². The average molecular weight is 802 g/mol. The first-order valence-corrected chi connectivity index (χ1v) is 21.6. The van der Waals surface area contributed by atoms with Gasteiger partial charge < -0.3 is 25.0 Å². The Morgan fingerprint density at radius 1 is 0.965 bits per heavy atom. The van der Waals surface area contributed by atoms with E-state index < -0.39 is 50.6 Å². The number of allylic oxidation sites excluding steroid dienone is 1. The fourth-order valence-electron chi connectivity index (χ4n) is 7.19. The number of aromatic nitrogens is 1. The van der Waals surface area contributed by atoms with E-state index in [9.17, 15) is 27.6 Å². The normalized spacial score (nSPS) is 19.5. The van der Waals surface area contributed by atoms with Gasteiger partial charge in [-0.3, -0.25) is 19.1 Å². The smallest absolute Gasteiger partial charge is 0.408 e. The molecule has 0 spiro atoms. The van der Waals surface area contributed by atoms with Crippen LogP contribution in [0.2, 0.25) is 0 Å². The number of unbranched alkanes of at least 4 members (excludes halogenated alkanes) is 3. The van der Waals surface area contributed by atoms with Crippen molar-refractivity contribution in [3.05, 3.63) is 84.6 Å². The Bertz CT molecular complexity index is 2040. The van der Waals surface area contributed by atoms with Crippen LogP contribution < -0.4 is 20.1 Å². The van der Waals surface area contributed by atoms with Gasteiger partial charge in [0.05, 0.1) is 11.3 Å². The van der Waals surface area contributed by atoms with Crippen LogP contribution >= 0.6 is 0 Å². The summed E-state index contributed by atoms with van der Waals surface area (Å²) in [5, 5.41) is 7.62. The minimum atomic E-state index is -3.81. The molecule has 3 N–H and O–H groups in total. The van der Waals surface area contributed by atoms with Crippen LogP contribution in [-0.2, 0) is 35.6 Å². The van der Waals surface area contributed by atoms with Crippen LogP contribution in [0.15, 0.2) is 79.0 Å². The predicted octanol–water partition coefficient (Wildman–Crippen LogP) is 5.87. The van der Waals surface area contributed by atoms with Crippen LogP contribution in [0.4, 0.5) is 4.79 Å². The van der Waals surface area contributed by atoms with Crippen molar-refractivity contribution in [2.24, 2.45) is 0 Å². The fraction of sp³-hybridized carbons (Fsp3) is 0.512. The summed E-state index contributed by atoms with van der Waals surface area (Å²) in [7, 11) is -3.81. The van der Waals surface area contributed by atoms with Crippen LogP contribution in [0, 0.1) is 0 Å². The zero-order valence-corrected chi connectivity index (χ0v) is 33.9.